The van der Waals surface area contributed by atoms with Crippen molar-refractivity contribution in [1.29, 1.82) is 0 Å². The third kappa shape index (κ3) is 4.67. The van der Waals surface area contributed by atoms with Crippen molar-refractivity contribution in [2.45, 2.75) is 32.6 Å². The zero-order chi connectivity index (χ0) is 15.1. The van der Waals surface area contributed by atoms with Gasteiger partial charge in [-0.25, -0.2) is 0 Å². The first-order valence-corrected chi connectivity index (χ1v) is 7.81. The number of carbonyl (C=O) groups is 2. The number of benzene rings is 1. The first-order chi connectivity index (χ1) is 10.2. The summed E-state index contributed by atoms with van der Waals surface area (Å²) >= 11 is 0. The summed E-state index contributed by atoms with van der Waals surface area (Å²) in [5, 5.41) is 3.27. The van der Waals surface area contributed by atoms with Crippen LogP contribution in [0, 0.1) is 0 Å². The van der Waals surface area contributed by atoms with E-state index in [-0.39, 0.29) is 11.7 Å². The second-order valence-corrected chi connectivity index (χ2v) is 5.46. The third-order valence-corrected chi connectivity index (χ3v) is 3.94. The Morgan fingerprint density at radius 1 is 1.10 bits per heavy atom. The molecule has 0 saturated carbocycles. The van der Waals surface area contributed by atoms with Crippen LogP contribution < -0.4 is 5.32 Å². The largest absolute Gasteiger partial charge is 0.341 e. The predicted molar refractivity (Wildman–Crippen MR) is 83.5 cm³/mol. The number of hydrogen-bond acceptors (Lipinski definition) is 3. The highest BCUT2D eigenvalue weighted by Crippen LogP contribution is 2.10. The van der Waals surface area contributed by atoms with E-state index in [1.807, 2.05) is 29.2 Å². The number of ketones is 1. The molecule has 1 aromatic carbocycles. The third-order valence-electron chi connectivity index (χ3n) is 3.94. The summed E-state index contributed by atoms with van der Waals surface area (Å²) in [6.45, 7) is 5.44. The first kappa shape index (κ1) is 15.7. The highest BCUT2D eigenvalue weighted by molar-refractivity contribution is 5.97. The van der Waals surface area contributed by atoms with E-state index >= 15 is 0 Å². The Balaban J connectivity index is 1.83. The van der Waals surface area contributed by atoms with Crippen LogP contribution in [0.2, 0.25) is 0 Å². The van der Waals surface area contributed by atoms with Gasteiger partial charge in [0.1, 0.15) is 0 Å². The topological polar surface area (TPSA) is 49.4 Å². The van der Waals surface area contributed by atoms with E-state index < -0.39 is 0 Å². The molecule has 1 N–H and O–H groups in total. The normalized spacial score (nSPS) is 15.6. The van der Waals surface area contributed by atoms with E-state index in [2.05, 4.69) is 12.2 Å². The van der Waals surface area contributed by atoms with Gasteiger partial charge >= 0.3 is 0 Å². The van der Waals surface area contributed by atoms with Crippen molar-refractivity contribution in [3.8, 4) is 0 Å². The maximum atomic E-state index is 12.1. The lowest BCUT2D eigenvalue weighted by atomic mass is 10.0. The second kappa shape index (κ2) is 7.93. The number of carbonyl (C=O) groups excluding carboxylic acids is 2. The number of Topliss-reactive ketones (excluding diaryl/α,β-unsaturated/α-hetero) is 1. The molecule has 1 aliphatic rings. The molecule has 0 atom stereocenters. The van der Waals surface area contributed by atoms with E-state index in [0.29, 0.717) is 18.4 Å². The number of hydrogen-bond donors (Lipinski definition) is 1. The minimum atomic E-state index is 0.0546. The van der Waals surface area contributed by atoms with Crippen LogP contribution in [-0.4, -0.2) is 42.8 Å². The molecule has 1 aliphatic heterocycles. The quantitative estimate of drug-likeness (QED) is 0.844. The predicted octanol–water partition coefficient (Wildman–Crippen LogP) is 2.03. The van der Waals surface area contributed by atoms with E-state index in [1.54, 1.807) is 0 Å². The van der Waals surface area contributed by atoms with Gasteiger partial charge in [0, 0.05) is 38.0 Å². The van der Waals surface area contributed by atoms with E-state index in [0.717, 1.165) is 39.0 Å². The lowest BCUT2D eigenvalue weighted by Gasteiger charge is -2.19. The Morgan fingerprint density at radius 3 is 2.57 bits per heavy atom. The average molecular weight is 288 g/mol. The molecular weight excluding hydrogens is 264 g/mol. The Kier molecular flexibility index (Phi) is 5.93. The van der Waals surface area contributed by atoms with Crippen LogP contribution in [0.3, 0.4) is 0 Å². The van der Waals surface area contributed by atoms with Crippen molar-refractivity contribution < 1.29 is 9.59 Å². The number of rotatable bonds is 5. The van der Waals surface area contributed by atoms with Gasteiger partial charge in [0.15, 0.2) is 5.78 Å². The molecule has 21 heavy (non-hydrogen) atoms. The summed E-state index contributed by atoms with van der Waals surface area (Å²) in [5.41, 5.74) is 1.93. The van der Waals surface area contributed by atoms with Crippen molar-refractivity contribution in [1.82, 2.24) is 10.2 Å². The van der Waals surface area contributed by atoms with Gasteiger partial charge in [-0.2, -0.15) is 0 Å². The van der Waals surface area contributed by atoms with Gasteiger partial charge in [-0.05, 0) is 24.9 Å². The molecule has 0 unspecified atom stereocenters. The smallest absolute Gasteiger partial charge is 0.223 e. The summed E-state index contributed by atoms with van der Waals surface area (Å²) in [5.74, 6) is 0.149. The molecule has 4 heteroatoms. The minimum Gasteiger partial charge on any atom is -0.341 e. The van der Waals surface area contributed by atoms with Gasteiger partial charge in [-0.1, -0.05) is 31.2 Å². The fraction of sp³-hybridized carbons (Fsp3) is 0.529. The minimum absolute atomic E-state index is 0.0546. The molecule has 1 heterocycles. The van der Waals surface area contributed by atoms with Crippen LogP contribution in [0.15, 0.2) is 24.3 Å². The lowest BCUT2D eigenvalue weighted by Crippen LogP contribution is -2.34. The van der Waals surface area contributed by atoms with Crippen LogP contribution in [0.1, 0.15) is 42.1 Å². The molecule has 2 rings (SSSR count). The van der Waals surface area contributed by atoms with Crippen molar-refractivity contribution in [2.75, 3.05) is 26.2 Å². The van der Waals surface area contributed by atoms with Crippen LogP contribution in [0.5, 0.6) is 0 Å². The molecule has 0 bridgehead atoms. The summed E-state index contributed by atoms with van der Waals surface area (Å²) in [4.78, 5) is 26.1. The van der Waals surface area contributed by atoms with Crippen molar-refractivity contribution in [2.24, 2.45) is 0 Å². The summed E-state index contributed by atoms with van der Waals surface area (Å²) in [6, 6.07) is 7.69. The standard InChI is InChI=1S/C17H24N2O2/c1-2-14-4-6-15(7-5-14)16(20)8-9-17(21)19-12-3-10-18-11-13-19/h4-7,18H,2-3,8-13H2,1H3. The van der Waals surface area contributed by atoms with Gasteiger partial charge in [0.25, 0.3) is 0 Å². The monoisotopic (exact) mass is 288 g/mol. The van der Waals surface area contributed by atoms with Crippen molar-refractivity contribution in [3.63, 3.8) is 0 Å². The van der Waals surface area contributed by atoms with Crippen LogP contribution in [-0.2, 0) is 11.2 Å². The maximum Gasteiger partial charge on any atom is 0.223 e. The number of nitrogens with one attached hydrogen (secondary N) is 1. The molecule has 0 aromatic heterocycles. The van der Waals surface area contributed by atoms with Crippen LogP contribution >= 0.6 is 0 Å². The Hall–Kier alpha value is -1.68. The summed E-state index contributed by atoms with van der Waals surface area (Å²) in [7, 11) is 0. The zero-order valence-corrected chi connectivity index (χ0v) is 12.7. The van der Waals surface area contributed by atoms with Gasteiger partial charge in [-0.3, -0.25) is 9.59 Å². The zero-order valence-electron chi connectivity index (χ0n) is 12.7. The molecule has 1 saturated heterocycles. The number of nitrogens with zero attached hydrogens (tertiary/aromatic N) is 1. The van der Waals surface area contributed by atoms with Gasteiger partial charge < -0.3 is 10.2 Å². The Morgan fingerprint density at radius 2 is 1.86 bits per heavy atom. The fourth-order valence-corrected chi connectivity index (χ4v) is 2.54. The maximum absolute atomic E-state index is 12.1. The molecule has 0 spiro atoms. The molecular formula is C17H24N2O2. The molecule has 114 valence electrons. The SMILES string of the molecule is CCc1ccc(C(=O)CCC(=O)N2CCCNCC2)cc1. The van der Waals surface area contributed by atoms with Gasteiger partial charge in [0.2, 0.25) is 5.91 Å². The lowest BCUT2D eigenvalue weighted by molar-refractivity contribution is -0.130. The van der Waals surface area contributed by atoms with Crippen molar-refractivity contribution in [3.05, 3.63) is 35.4 Å². The highest BCUT2D eigenvalue weighted by Gasteiger charge is 2.16. The molecule has 1 aromatic rings. The molecule has 1 amide bonds. The first-order valence-electron chi connectivity index (χ1n) is 7.81. The molecule has 0 radical (unpaired) electrons. The number of amides is 1. The van der Waals surface area contributed by atoms with Crippen molar-refractivity contribution >= 4 is 11.7 Å². The second-order valence-electron chi connectivity index (χ2n) is 5.46. The molecule has 4 nitrogen and oxygen atoms in total. The van der Waals surface area contributed by atoms with E-state index in [9.17, 15) is 9.59 Å². The summed E-state index contributed by atoms with van der Waals surface area (Å²) in [6.07, 6.45) is 2.57. The Labute approximate surface area is 126 Å². The number of aryl methyl sites for hydroxylation is 1. The summed E-state index contributed by atoms with van der Waals surface area (Å²) < 4.78 is 0. The van der Waals surface area contributed by atoms with Gasteiger partial charge in [-0.15, -0.1) is 0 Å². The molecule has 0 aliphatic carbocycles. The van der Waals surface area contributed by atoms with Gasteiger partial charge in [0.05, 0.1) is 0 Å². The van der Waals surface area contributed by atoms with E-state index in [4.69, 9.17) is 0 Å². The fourth-order valence-electron chi connectivity index (χ4n) is 2.54. The Bertz CT molecular complexity index is 474. The highest BCUT2D eigenvalue weighted by atomic mass is 16.2. The van der Waals surface area contributed by atoms with Crippen LogP contribution in [0.25, 0.3) is 0 Å². The van der Waals surface area contributed by atoms with E-state index in [1.165, 1.54) is 5.56 Å². The van der Waals surface area contributed by atoms with Crippen LogP contribution in [0.4, 0.5) is 0 Å². The molecule has 1 fully saturated rings. The average Bonchev–Trinajstić information content (AvgIpc) is 2.81.